The Hall–Kier alpha value is -3.48. The van der Waals surface area contributed by atoms with Gasteiger partial charge in [-0.1, -0.05) is 18.2 Å². The first-order chi connectivity index (χ1) is 14.0. The summed E-state index contributed by atoms with van der Waals surface area (Å²) in [5.41, 5.74) is 0.674. The van der Waals surface area contributed by atoms with Crippen molar-refractivity contribution >= 4 is 22.6 Å². The molecule has 0 aromatic heterocycles. The molecule has 0 spiro atoms. The Kier molecular flexibility index (Phi) is 6.39. The van der Waals surface area contributed by atoms with Crippen LogP contribution in [0.2, 0.25) is 0 Å². The average Bonchev–Trinajstić information content (AvgIpc) is 2.71. The molecule has 0 radical (unpaired) electrons. The zero-order chi connectivity index (χ0) is 20.8. The van der Waals surface area contributed by atoms with Crippen molar-refractivity contribution in [3.05, 3.63) is 77.4 Å². The molecular formula is C22H20F2N2O3. The summed E-state index contributed by atoms with van der Waals surface area (Å²) >= 11 is 0. The van der Waals surface area contributed by atoms with Crippen LogP contribution < -0.4 is 15.4 Å². The summed E-state index contributed by atoms with van der Waals surface area (Å²) in [6, 6.07) is 14.3. The Morgan fingerprint density at radius 3 is 2.45 bits per heavy atom. The van der Waals surface area contributed by atoms with Gasteiger partial charge in [0.05, 0.1) is 12.7 Å². The minimum Gasteiger partial charge on any atom is -0.497 e. The number of nitrogens with one attached hydrogen (secondary N) is 2. The lowest BCUT2D eigenvalue weighted by Gasteiger charge is -2.09. The van der Waals surface area contributed by atoms with E-state index < -0.39 is 17.5 Å². The first-order valence-corrected chi connectivity index (χ1v) is 9.03. The Morgan fingerprint density at radius 2 is 1.69 bits per heavy atom. The molecule has 3 rings (SSSR count). The molecule has 2 N–H and O–H groups in total. The fourth-order valence-electron chi connectivity index (χ4n) is 2.86. The maximum atomic E-state index is 13.6. The summed E-state index contributed by atoms with van der Waals surface area (Å²) < 4.78 is 31.6. The first-order valence-electron chi connectivity index (χ1n) is 9.03. The molecule has 29 heavy (non-hydrogen) atoms. The van der Waals surface area contributed by atoms with Gasteiger partial charge in [-0.15, -0.1) is 0 Å². The predicted octanol–water partition coefficient (Wildman–Crippen LogP) is 3.56. The van der Waals surface area contributed by atoms with Gasteiger partial charge in [0, 0.05) is 25.6 Å². The fraction of sp³-hybridized carbons (Fsp3) is 0.182. The van der Waals surface area contributed by atoms with E-state index in [9.17, 15) is 18.4 Å². The van der Waals surface area contributed by atoms with E-state index >= 15 is 0 Å². The molecule has 0 bridgehead atoms. The van der Waals surface area contributed by atoms with Crippen LogP contribution >= 0.6 is 0 Å². The number of fused-ring (bicyclic) bond motifs is 1. The third kappa shape index (κ3) is 5.28. The van der Waals surface area contributed by atoms with Crippen molar-refractivity contribution in [2.75, 3.05) is 13.7 Å². The predicted molar refractivity (Wildman–Crippen MR) is 106 cm³/mol. The van der Waals surface area contributed by atoms with Gasteiger partial charge in [0.15, 0.2) is 0 Å². The molecule has 0 fully saturated rings. The summed E-state index contributed by atoms with van der Waals surface area (Å²) in [6.07, 6.45) is 0.0410. The molecule has 0 atom stereocenters. The number of halogens is 2. The van der Waals surface area contributed by atoms with Crippen molar-refractivity contribution in [1.29, 1.82) is 0 Å². The molecule has 3 aromatic carbocycles. The van der Waals surface area contributed by atoms with E-state index in [-0.39, 0.29) is 24.4 Å². The Labute approximate surface area is 166 Å². The lowest BCUT2D eigenvalue weighted by Crippen LogP contribution is -2.31. The number of benzene rings is 3. The Balaban J connectivity index is 1.47. The van der Waals surface area contributed by atoms with E-state index in [0.717, 1.165) is 34.2 Å². The molecule has 3 aromatic rings. The zero-order valence-electron chi connectivity index (χ0n) is 15.8. The van der Waals surface area contributed by atoms with E-state index in [1.165, 1.54) is 0 Å². The molecule has 0 aliphatic heterocycles. The highest BCUT2D eigenvalue weighted by Gasteiger charge is 2.12. The van der Waals surface area contributed by atoms with Gasteiger partial charge in [-0.2, -0.15) is 0 Å². The van der Waals surface area contributed by atoms with E-state index in [4.69, 9.17) is 4.74 Å². The zero-order valence-corrected chi connectivity index (χ0v) is 15.8. The van der Waals surface area contributed by atoms with E-state index in [2.05, 4.69) is 10.6 Å². The number of carbonyl (C=O) groups is 2. The van der Waals surface area contributed by atoms with Gasteiger partial charge in [-0.05, 0) is 46.7 Å². The lowest BCUT2D eigenvalue weighted by atomic mass is 10.1. The second-order valence-electron chi connectivity index (χ2n) is 6.45. The van der Waals surface area contributed by atoms with Crippen molar-refractivity contribution in [2.24, 2.45) is 0 Å². The molecular weight excluding hydrogens is 378 g/mol. The average molecular weight is 398 g/mol. The third-order valence-corrected chi connectivity index (χ3v) is 4.41. The largest absolute Gasteiger partial charge is 0.497 e. The van der Waals surface area contributed by atoms with Gasteiger partial charge in [-0.3, -0.25) is 9.59 Å². The van der Waals surface area contributed by atoms with Crippen LogP contribution in [0.25, 0.3) is 10.8 Å². The van der Waals surface area contributed by atoms with Crippen LogP contribution in [0.1, 0.15) is 22.3 Å². The van der Waals surface area contributed by atoms with Crippen molar-refractivity contribution in [2.45, 2.75) is 13.0 Å². The van der Waals surface area contributed by atoms with Crippen LogP contribution in [0.4, 0.5) is 8.78 Å². The number of hydrogen-bond donors (Lipinski definition) is 2. The van der Waals surface area contributed by atoms with E-state index in [1.54, 1.807) is 7.11 Å². The molecule has 2 amide bonds. The first kappa shape index (κ1) is 20.3. The quantitative estimate of drug-likeness (QED) is 0.640. The smallest absolute Gasteiger partial charge is 0.254 e. The van der Waals surface area contributed by atoms with Crippen LogP contribution in [0, 0.1) is 11.6 Å². The molecule has 7 heteroatoms. The van der Waals surface area contributed by atoms with Crippen LogP contribution in [0.5, 0.6) is 5.75 Å². The van der Waals surface area contributed by atoms with E-state index in [1.807, 2.05) is 36.4 Å². The second-order valence-corrected chi connectivity index (χ2v) is 6.45. The number of methoxy groups -OCH3 is 1. The van der Waals surface area contributed by atoms with Gasteiger partial charge >= 0.3 is 0 Å². The van der Waals surface area contributed by atoms with Crippen molar-refractivity contribution in [3.8, 4) is 5.75 Å². The fourth-order valence-corrected chi connectivity index (χ4v) is 2.86. The molecule has 5 nitrogen and oxygen atoms in total. The highest BCUT2D eigenvalue weighted by molar-refractivity contribution is 5.94. The lowest BCUT2D eigenvalue weighted by molar-refractivity contribution is -0.121. The summed E-state index contributed by atoms with van der Waals surface area (Å²) in [5.74, 6) is -1.87. The molecule has 150 valence electrons. The highest BCUT2D eigenvalue weighted by Crippen LogP contribution is 2.21. The molecule has 0 saturated carbocycles. The minimum atomic E-state index is -0.944. The summed E-state index contributed by atoms with van der Waals surface area (Å²) in [7, 11) is 1.61. The van der Waals surface area contributed by atoms with Gasteiger partial charge in [-0.25, -0.2) is 8.78 Å². The Morgan fingerprint density at radius 1 is 0.931 bits per heavy atom. The van der Waals surface area contributed by atoms with Crippen molar-refractivity contribution in [3.63, 3.8) is 0 Å². The highest BCUT2D eigenvalue weighted by atomic mass is 19.1. The molecule has 0 aliphatic carbocycles. The summed E-state index contributed by atoms with van der Waals surface area (Å²) in [4.78, 5) is 23.9. The van der Waals surface area contributed by atoms with E-state index in [0.29, 0.717) is 12.6 Å². The van der Waals surface area contributed by atoms with Crippen LogP contribution in [0.3, 0.4) is 0 Å². The second kappa shape index (κ2) is 9.14. The number of carbonyl (C=O) groups excluding carboxylic acids is 2. The monoisotopic (exact) mass is 398 g/mol. The number of hydrogen-bond acceptors (Lipinski definition) is 3. The number of ether oxygens (including phenoxy) is 1. The van der Waals surface area contributed by atoms with Crippen LogP contribution in [0.15, 0.2) is 54.6 Å². The van der Waals surface area contributed by atoms with Gasteiger partial charge in [0.1, 0.15) is 17.4 Å². The van der Waals surface area contributed by atoms with Gasteiger partial charge in [0.25, 0.3) is 5.91 Å². The number of amides is 2. The van der Waals surface area contributed by atoms with Crippen molar-refractivity contribution < 1.29 is 23.1 Å². The maximum absolute atomic E-state index is 13.6. The van der Waals surface area contributed by atoms with Crippen LogP contribution in [-0.4, -0.2) is 25.5 Å². The summed E-state index contributed by atoms with van der Waals surface area (Å²) in [5, 5.41) is 7.30. The number of rotatable bonds is 7. The van der Waals surface area contributed by atoms with Gasteiger partial charge < -0.3 is 15.4 Å². The Bertz CT molecular complexity index is 1050. The minimum absolute atomic E-state index is 0.0407. The maximum Gasteiger partial charge on any atom is 0.254 e. The SMILES string of the molecule is COc1ccc2cc(CNC(=O)CCNC(=O)c3ccc(F)cc3F)ccc2c1. The normalized spacial score (nSPS) is 10.6. The molecule has 0 heterocycles. The third-order valence-electron chi connectivity index (χ3n) is 4.41. The van der Waals surface area contributed by atoms with Crippen molar-refractivity contribution in [1.82, 2.24) is 10.6 Å². The van der Waals surface area contributed by atoms with Crippen LogP contribution in [-0.2, 0) is 11.3 Å². The van der Waals surface area contributed by atoms with Gasteiger partial charge in [0.2, 0.25) is 5.91 Å². The molecule has 0 saturated heterocycles. The molecule has 0 unspecified atom stereocenters. The molecule has 0 aliphatic rings. The standard InChI is InChI=1S/C22H20F2N2O3/c1-29-18-6-4-15-10-14(2-3-16(15)11-18)13-26-21(27)8-9-25-22(28)19-7-5-17(23)12-20(19)24/h2-7,10-12H,8-9,13H2,1H3,(H,25,28)(H,26,27). The summed E-state index contributed by atoms with van der Waals surface area (Å²) in [6.45, 7) is 0.389. The topological polar surface area (TPSA) is 67.4 Å².